The number of hydrogen-bond acceptors (Lipinski definition) is 4. The van der Waals surface area contributed by atoms with Gasteiger partial charge in [0.1, 0.15) is 0 Å². The number of hydrogen-bond donors (Lipinski definition) is 0. The van der Waals surface area contributed by atoms with Gasteiger partial charge in [0, 0.05) is 28.3 Å². The standard InChI is InChI=1S/C23H14O4/c24-22(17-9-5-2-6-10-17)23(25)19-14-21-20(26-15-27-21)13-18(19)12-11-16-7-3-1-4-8-16/h1-10,13-14H,15H2. The number of Topliss-reactive ketones (excluding diaryl/α,β-unsaturated/α-hetero) is 2. The van der Waals surface area contributed by atoms with Gasteiger partial charge in [-0.05, 0) is 18.2 Å². The van der Waals surface area contributed by atoms with Crippen LogP contribution in [0.25, 0.3) is 0 Å². The van der Waals surface area contributed by atoms with Crippen molar-refractivity contribution >= 4 is 11.6 Å². The van der Waals surface area contributed by atoms with E-state index in [0.29, 0.717) is 22.6 Å². The molecule has 0 saturated heterocycles. The Hall–Kier alpha value is -3.84. The van der Waals surface area contributed by atoms with Crippen molar-refractivity contribution in [3.63, 3.8) is 0 Å². The molecular weight excluding hydrogens is 340 g/mol. The highest BCUT2D eigenvalue weighted by Gasteiger charge is 2.25. The van der Waals surface area contributed by atoms with E-state index in [1.54, 1.807) is 36.4 Å². The first-order valence-electron chi connectivity index (χ1n) is 8.37. The third kappa shape index (κ3) is 3.44. The van der Waals surface area contributed by atoms with Crippen LogP contribution < -0.4 is 9.47 Å². The summed E-state index contributed by atoms with van der Waals surface area (Å²) in [6, 6.07) is 21.0. The van der Waals surface area contributed by atoms with Crippen molar-refractivity contribution in [1.29, 1.82) is 0 Å². The van der Waals surface area contributed by atoms with E-state index in [2.05, 4.69) is 11.8 Å². The molecule has 4 nitrogen and oxygen atoms in total. The minimum Gasteiger partial charge on any atom is -0.454 e. The molecule has 0 saturated carbocycles. The van der Waals surface area contributed by atoms with Gasteiger partial charge in [-0.3, -0.25) is 9.59 Å². The molecule has 1 heterocycles. The normalized spacial score (nSPS) is 11.4. The Labute approximate surface area is 156 Å². The van der Waals surface area contributed by atoms with Crippen LogP contribution in [0.1, 0.15) is 31.8 Å². The SMILES string of the molecule is O=C(C(=O)c1cc2c(cc1C#Cc1ccccc1)OCO2)c1ccccc1. The summed E-state index contributed by atoms with van der Waals surface area (Å²) in [4.78, 5) is 25.5. The molecule has 0 aliphatic carbocycles. The predicted molar refractivity (Wildman–Crippen MR) is 100 cm³/mol. The lowest BCUT2D eigenvalue weighted by Gasteiger charge is -2.06. The third-order valence-electron chi connectivity index (χ3n) is 4.11. The van der Waals surface area contributed by atoms with Gasteiger partial charge in [-0.25, -0.2) is 0 Å². The topological polar surface area (TPSA) is 52.6 Å². The second kappa shape index (κ2) is 7.19. The van der Waals surface area contributed by atoms with E-state index < -0.39 is 11.6 Å². The maximum absolute atomic E-state index is 12.9. The summed E-state index contributed by atoms with van der Waals surface area (Å²) in [5.74, 6) is 5.74. The lowest BCUT2D eigenvalue weighted by atomic mass is 9.96. The molecule has 27 heavy (non-hydrogen) atoms. The fourth-order valence-corrected chi connectivity index (χ4v) is 2.74. The van der Waals surface area contributed by atoms with Crippen LogP contribution in [0.3, 0.4) is 0 Å². The zero-order chi connectivity index (χ0) is 18.6. The third-order valence-corrected chi connectivity index (χ3v) is 4.11. The summed E-state index contributed by atoms with van der Waals surface area (Å²) in [6.45, 7) is 0.0746. The molecule has 130 valence electrons. The van der Waals surface area contributed by atoms with Gasteiger partial charge in [0.25, 0.3) is 0 Å². The van der Waals surface area contributed by atoms with E-state index in [-0.39, 0.29) is 12.4 Å². The van der Waals surface area contributed by atoms with Crippen LogP contribution in [-0.2, 0) is 0 Å². The molecule has 0 bridgehead atoms. The van der Waals surface area contributed by atoms with Crippen molar-refractivity contribution in [2.24, 2.45) is 0 Å². The van der Waals surface area contributed by atoms with Crippen LogP contribution in [0.2, 0.25) is 0 Å². The van der Waals surface area contributed by atoms with Crippen LogP contribution in [0.15, 0.2) is 72.8 Å². The first-order valence-corrected chi connectivity index (χ1v) is 8.37. The molecule has 0 spiro atoms. The molecular formula is C23H14O4. The van der Waals surface area contributed by atoms with Gasteiger partial charge < -0.3 is 9.47 Å². The quantitative estimate of drug-likeness (QED) is 0.407. The maximum atomic E-state index is 12.9. The van der Waals surface area contributed by atoms with Crippen molar-refractivity contribution in [3.05, 3.63) is 95.1 Å². The number of ether oxygens (including phenoxy) is 2. The van der Waals surface area contributed by atoms with Gasteiger partial charge in [0.2, 0.25) is 18.4 Å². The maximum Gasteiger partial charge on any atom is 0.234 e. The minimum atomic E-state index is -0.628. The summed E-state index contributed by atoms with van der Waals surface area (Å²) >= 11 is 0. The molecule has 0 radical (unpaired) electrons. The molecule has 0 fully saturated rings. The van der Waals surface area contributed by atoms with Crippen LogP contribution in [0, 0.1) is 11.8 Å². The number of rotatable bonds is 3. The van der Waals surface area contributed by atoms with Gasteiger partial charge in [-0.2, -0.15) is 0 Å². The number of ketones is 2. The summed E-state index contributed by atoms with van der Waals surface area (Å²) in [7, 11) is 0. The van der Waals surface area contributed by atoms with Crippen molar-refractivity contribution < 1.29 is 19.1 Å². The molecule has 0 amide bonds. The van der Waals surface area contributed by atoms with Gasteiger partial charge in [0.15, 0.2) is 11.5 Å². The van der Waals surface area contributed by atoms with Crippen molar-refractivity contribution in [1.82, 2.24) is 0 Å². The molecule has 0 atom stereocenters. The fourth-order valence-electron chi connectivity index (χ4n) is 2.74. The smallest absolute Gasteiger partial charge is 0.234 e. The van der Waals surface area contributed by atoms with E-state index >= 15 is 0 Å². The van der Waals surface area contributed by atoms with Crippen LogP contribution in [0.4, 0.5) is 0 Å². The number of carbonyl (C=O) groups excluding carboxylic acids is 2. The zero-order valence-corrected chi connectivity index (χ0v) is 14.3. The van der Waals surface area contributed by atoms with E-state index in [1.807, 2.05) is 30.3 Å². The van der Waals surface area contributed by atoms with Crippen LogP contribution in [0.5, 0.6) is 11.5 Å². The Morgan fingerprint density at radius 2 is 1.37 bits per heavy atom. The highest BCUT2D eigenvalue weighted by molar-refractivity contribution is 6.49. The highest BCUT2D eigenvalue weighted by atomic mass is 16.7. The molecule has 0 aromatic heterocycles. The van der Waals surface area contributed by atoms with E-state index in [1.165, 1.54) is 6.07 Å². The van der Waals surface area contributed by atoms with Crippen molar-refractivity contribution in [2.45, 2.75) is 0 Å². The molecule has 1 aliphatic heterocycles. The lowest BCUT2D eigenvalue weighted by molar-refractivity contribution is 0.0816. The van der Waals surface area contributed by atoms with E-state index in [4.69, 9.17) is 9.47 Å². The number of carbonyl (C=O) groups is 2. The Balaban J connectivity index is 1.76. The average molecular weight is 354 g/mol. The molecule has 4 rings (SSSR count). The Morgan fingerprint density at radius 3 is 2.07 bits per heavy atom. The fraction of sp³-hybridized carbons (Fsp3) is 0.0435. The average Bonchev–Trinajstić information content (AvgIpc) is 3.19. The molecule has 0 unspecified atom stereocenters. The van der Waals surface area contributed by atoms with Crippen molar-refractivity contribution in [2.75, 3.05) is 6.79 Å². The predicted octanol–water partition coefficient (Wildman–Crippen LogP) is 3.88. The van der Waals surface area contributed by atoms with Gasteiger partial charge >= 0.3 is 0 Å². The lowest BCUT2D eigenvalue weighted by Crippen LogP contribution is -2.15. The molecule has 4 heteroatoms. The Kier molecular flexibility index (Phi) is 4.42. The monoisotopic (exact) mass is 354 g/mol. The van der Waals surface area contributed by atoms with Crippen LogP contribution >= 0.6 is 0 Å². The van der Waals surface area contributed by atoms with Crippen LogP contribution in [-0.4, -0.2) is 18.4 Å². The summed E-state index contributed by atoms with van der Waals surface area (Å²) in [5, 5.41) is 0. The van der Waals surface area contributed by atoms with Gasteiger partial charge in [-0.15, -0.1) is 0 Å². The second-order valence-corrected chi connectivity index (χ2v) is 5.89. The first kappa shape index (κ1) is 16.6. The zero-order valence-electron chi connectivity index (χ0n) is 14.3. The number of benzene rings is 3. The van der Waals surface area contributed by atoms with Gasteiger partial charge in [0.05, 0.1) is 0 Å². The molecule has 0 N–H and O–H groups in total. The number of fused-ring (bicyclic) bond motifs is 1. The first-order chi connectivity index (χ1) is 13.2. The van der Waals surface area contributed by atoms with Gasteiger partial charge in [-0.1, -0.05) is 60.4 Å². The molecule has 3 aromatic rings. The summed E-state index contributed by atoms with van der Waals surface area (Å²) < 4.78 is 10.7. The highest BCUT2D eigenvalue weighted by Crippen LogP contribution is 2.35. The largest absolute Gasteiger partial charge is 0.454 e. The van der Waals surface area contributed by atoms with E-state index in [9.17, 15) is 9.59 Å². The molecule has 1 aliphatic rings. The minimum absolute atomic E-state index is 0.0746. The summed E-state index contributed by atoms with van der Waals surface area (Å²) in [6.07, 6.45) is 0. The second-order valence-electron chi connectivity index (χ2n) is 5.89. The van der Waals surface area contributed by atoms with Crippen molar-refractivity contribution in [3.8, 4) is 23.3 Å². The Bertz CT molecular complexity index is 1070. The van der Waals surface area contributed by atoms with E-state index in [0.717, 1.165) is 5.56 Å². The summed E-state index contributed by atoms with van der Waals surface area (Å²) in [5.41, 5.74) is 1.78. The Morgan fingerprint density at radius 1 is 0.741 bits per heavy atom. The molecule has 3 aromatic carbocycles.